The lowest BCUT2D eigenvalue weighted by molar-refractivity contribution is -0.137. The van der Waals surface area contributed by atoms with Crippen molar-refractivity contribution in [2.75, 3.05) is 11.9 Å². The number of carbonyl (C=O) groups excluding carboxylic acids is 3. The maximum absolute atomic E-state index is 12.6. The van der Waals surface area contributed by atoms with Crippen molar-refractivity contribution in [3.05, 3.63) is 29.8 Å². The second kappa shape index (κ2) is 6.62. The molecule has 0 bridgehead atoms. The molecular weight excluding hydrogens is 351 g/mol. The molecule has 1 saturated heterocycles. The number of amides is 4. The number of halogens is 3. The maximum atomic E-state index is 12.6. The molecule has 1 spiro atoms. The maximum Gasteiger partial charge on any atom is 0.416 e. The summed E-state index contributed by atoms with van der Waals surface area (Å²) in [6.45, 7) is -0.479. The van der Waals surface area contributed by atoms with Gasteiger partial charge in [0.2, 0.25) is 5.91 Å². The summed E-state index contributed by atoms with van der Waals surface area (Å²) in [5, 5.41) is 5.09. The van der Waals surface area contributed by atoms with E-state index in [1.807, 2.05) is 0 Å². The topological polar surface area (TPSA) is 78.5 Å². The molecule has 140 valence electrons. The first-order chi connectivity index (χ1) is 12.2. The molecule has 1 aliphatic heterocycles. The molecule has 26 heavy (non-hydrogen) atoms. The minimum Gasteiger partial charge on any atom is -0.325 e. The molecule has 2 N–H and O–H groups in total. The van der Waals surface area contributed by atoms with Crippen LogP contribution in [0.5, 0.6) is 0 Å². The van der Waals surface area contributed by atoms with Crippen molar-refractivity contribution in [1.82, 2.24) is 10.2 Å². The van der Waals surface area contributed by atoms with Gasteiger partial charge in [0.05, 0.1) is 5.56 Å². The molecule has 1 aromatic carbocycles. The fourth-order valence-electron chi connectivity index (χ4n) is 3.40. The molecule has 2 fully saturated rings. The predicted octanol–water partition coefficient (Wildman–Crippen LogP) is 2.90. The predicted molar refractivity (Wildman–Crippen MR) is 86.1 cm³/mol. The Morgan fingerprint density at radius 2 is 1.73 bits per heavy atom. The molecule has 0 aromatic heterocycles. The molecular formula is C17H18F3N3O3. The first-order valence-electron chi connectivity index (χ1n) is 8.32. The Morgan fingerprint density at radius 1 is 1.12 bits per heavy atom. The summed E-state index contributed by atoms with van der Waals surface area (Å²) in [4.78, 5) is 37.6. The first-order valence-corrected chi connectivity index (χ1v) is 8.32. The molecule has 2 aliphatic rings. The fraction of sp³-hybridized carbons (Fsp3) is 0.471. The van der Waals surface area contributed by atoms with Gasteiger partial charge in [-0.3, -0.25) is 14.5 Å². The molecule has 3 rings (SSSR count). The van der Waals surface area contributed by atoms with E-state index >= 15 is 0 Å². The number of nitrogens with one attached hydrogen (secondary N) is 2. The molecule has 0 atom stereocenters. The van der Waals surface area contributed by atoms with E-state index in [1.165, 1.54) is 0 Å². The Kier molecular flexibility index (Phi) is 4.64. The van der Waals surface area contributed by atoms with Crippen molar-refractivity contribution in [2.24, 2.45) is 0 Å². The van der Waals surface area contributed by atoms with E-state index in [2.05, 4.69) is 10.6 Å². The molecule has 6 nitrogen and oxygen atoms in total. The van der Waals surface area contributed by atoms with Crippen LogP contribution in [0.4, 0.5) is 23.7 Å². The zero-order chi connectivity index (χ0) is 18.9. The first kappa shape index (κ1) is 18.2. The SMILES string of the molecule is O=C(CN1C(=O)NC2(CCCCC2)C1=O)Nc1ccc(C(F)(F)F)cc1. The lowest BCUT2D eigenvalue weighted by Crippen LogP contribution is -2.48. The van der Waals surface area contributed by atoms with Crippen molar-refractivity contribution < 1.29 is 27.6 Å². The van der Waals surface area contributed by atoms with E-state index in [0.29, 0.717) is 12.8 Å². The van der Waals surface area contributed by atoms with Gasteiger partial charge in [0, 0.05) is 5.69 Å². The van der Waals surface area contributed by atoms with E-state index in [4.69, 9.17) is 0 Å². The van der Waals surface area contributed by atoms with Gasteiger partial charge in [0.25, 0.3) is 5.91 Å². The molecule has 4 amide bonds. The Morgan fingerprint density at radius 3 is 2.31 bits per heavy atom. The number of imide groups is 1. The Balaban J connectivity index is 1.63. The number of benzene rings is 1. The lowest BCUT2D eigenvalue weighted by Gasteiger charge is -2.30. The van der Waals surface area contributed by atoms with Gasteiger partial charge < -0.3 is 10.6 Å². The van der Waals surface area contributed by atoms with Crippen LogP contribution in [0.15, 0.2) is 24.3 Å². The summed E-state index contributed by atoms with van der Waals surface area (Å²) >= 11 is 0. The summed E-state index contributed by atoms with van der Waals surface area (Å²) < 4.78 is 37.6. The Hall–Kier alpha value is -2.58. The highest BCUT2D eigenvalue weighted by molar-refractivity contribution is 6.10. The number of alkyl halides is 3. The highest BCUT2D eigenvalue weighted by Gasteiger charge is 2.51. The summed E-state index contributed by atoms with van der Waals surface area (Å²) in [5.41, 5.74) is -1.59. The molecule has 1 heterocycles. The standard InChI is InChI=1S/C17H18F3N3O3/c18-17(19,20)11-4-6-12(7-5-11)21-13(24)10-23-14(25)16(22-15(23)26)8-2-1-3-9-16/h4-7H,1-3,8-10H2,(H,21,24)(H,22,26). The highest BCUT2D eigenvalue weighted by Crippen LogP contribution is 2.33. The number of nitrogens with zero attached hydrogens (tertiary/aromatic N) is 1. The van der Waals surface area contributed by atoms with Crippen LogP contribution in [0.25, 0.3) is 0 Å². The third-order valence-electron chi connectivity index (χ3n) is 4.75. The molecule has 9 heteroatoms. The summed E-state index contributed by atoms with van der Waals surface area (Å²) in [7, 11) is 0. The summed E-state index contributed by atoms with van der Waals surface area (Å²) in [6, 6.07) is 3.32. The van der Waals surface area contributed by atoms with Crippen LogP contribution in [0.2, 0.25) is 0 Å². The van der Waals surface area contributed by atoms with Gasteiger partial charge in [-0.1, -0.05) is 19.3 Å². The van der Waals surface area contributed by atoms with E-state index in [1.54, 1.807) is 0 Å². The smallest absolute Gasteiger partial charge is 0.325 e. The molecule has 1 aromatic rings. The van der Waals surface area contributed by atoms with Gasteiger partial charge in [0.1, 0.15) is 12.1 Å². The van der Waals surface area contributed by atoms with Gasteiger partial charge in [-0.2, -0.15) is 13.2 Å². The zero-order valence-electron chi connectivity index (χ0n) is 13.9. The zero-order valence-corrected chi connectivity index (χ0v) is 13.9. The monoisotopic (exact) mass is 369 g/mol. The quantitative estimate of drug-likeness (QED) is 0.804. The number of carbonyl (C=O) groups is 3. The third-order valence-corrected chi connectivity index (χ3v) is 4.75. The van der Waals surface area contributed by atoms with E-state index in [-0.39, 0.29) is 5.69 Å². The van der Waals surface area contributed by atoms with E-state index < -0.39 is 41.7 Å². The molecule has 1 saturated carbocycles. The lowest BCUT2D eigenvalue weighted by atomic mass is 9.82. The van der Waals surface area contributed by atoms with E-state index in [0.717, 1.165) is 48.4 Å². The van der Waals surface area contributed by atoms with Gasteiger partial charge in [-0.25, -0.2) is 4.79 Å². The normalized spacial score (nSPS) is 19.6. The number of anilines is 1. The van der Waals surface area contributed by atoms with Gasteiger partial charge in [0.15, 0.2) is 0 Å². The summed E-state index contributed by atoms with van der Waals surface area (Å²) in [6.07, 6.45) is -0.700. The largest absolute Gasteiger partial charge is 0.416 e. The Bertz CT molecular complexity index is 725. The van der Waals surface area contributed by atoms with Gasteiger partial charge >= 0.3 is 12.2 Å². The van der Waals surface area contributed by atoms with Crippen molar-refractivity contribution >= 4 is 23.5 Å². The number of hydrogen-bond acceptors (Lipinski definition) is 3. The number of rotatable bonds is 3. The molecule has 0 unspecified atom stereocenters. The second-order valence-corrected chi connectivity index (χ2v) is 6.59. The van der Waals surface area contributed by atoms with Gasteiger partial charge in [-0.15, -0.1) is 0 Å². The number of hydrogen-bond donors (Lipinski definition) is 2. The average molecular weight is 369 g/mol. The number of urea groups is 1. The van der Waals surface area contributed by atoms with Gasteiger partial charge in [-0.05, 0) is 37.1 Å². The minimum absolute atomic E-state index is 0.155. The molecule has 1 aliphatic carbocycles. The summed E-state index contributed by atoms with van der Waals surface area (Å²) in [5.74, 6) is -1.06. The fourth-order valence-corrected chi connectivity index (χ4v) is 3.40. The highest BCUT2D eigenvalue weighted by atomic mass is 19.4. The third kappa shape index (κ3) is 3.51. The Labute approximate surface area is 147 Å². The van der Waals surface area contributed by atoms with Crippen LogP contribution in [-0.4, -0.2) is 34.8 Å². The van der Waals surface area contributed by atoms with Crippen LogP contribution in [0, 0.1) is 0 Å². The van der Waals surface area contributed by atoms with Crippen LogP contribution in [-0.2, 0) is 15.8 Å². The second-order valence-electron chi connectivity index (χ2n) is 6.59. The van der Waals surface area contributed by atoms with Crippen LogP contribution >= 0.6 is 0 Å². The van der Waals surface area contributed by atoms with Crippen LogP contribution in [0.3, 0.4) is 0 Å². The molecule has 0 radical (unpaired) electrons. The van der Waals surface area contributed by atoms with Crippen molar-refractivity contribution in [2.45, 2.75) is 43.8 Å². The van der Waals surface area contributed by atoms with Crippen molar-refractivity contribution in [3.8, 4) is 0 Å². The van der Waals surface area contributed by atoms with E-state index in [9.17, 15) is 27.6 Å². The van der Waals surface area contributed by atoms with Crippen LogP contribution in [0.1, 0.15) is 37.7 Å². The van der Waals surface area contributed by atoms with Crippen molar-refractivity contribution in [3.63, 3.8) is 0 Å². The van der Waals surface area contributed by atoms with Crippen molar-refractivity contribution in [1.29, 1.82) is 0 Å². The average Bonchev–Trinajstić information content (AvgIpc) is 2.79. The minimum atomic E-state index is -4.46. The van der Waals surface area contributed by atoms with Crippen LogP contribution < -0.4 is 10.6 Å².